The zero-order valence-corrected chi connectivity index (χ0v) is 19.1. The van der Waals surface area contributed by atoms with Crippen LogP contribution in [0.5, 0.6) is 0 Å². The van der Waals surface area contributed by atoms with Crippen molar-refractivity contribution in [2.45, 2.75) is 58.4 Å². The van der Waals surface area contributed by atoms with E-state index in [1.807, 2.05) is 50.2 Å². The second kappa shape index (κ2) is 8.88. The SMILES string of the molecule is CC(C)c1nc(C[C@@H](NC(=O)c2cc(C(C)(C)C)nn2C)c2ccccc2)cc(=O)[nH]1. The lowest BCUT2D eigenvalue weighted by Crippen LogP contribution is -2.32. The first-order valence-electron chi connectivity index (χ1n) is 10.5. The second-order valence-corrected chi connectivity index (χ2v) is 9.21. The van der Waals surface area contributed by atoms with Crippen LogP contribution in [0.4, 0.5) is 0 Å². The predicted molar refractivity (Wildman–Crippen MR) is 121 cm³/mol. The summed E-state index contributed by atoms with van der Waals surface area (Å²) in [5, 5.41) is 7.63. The Kier molecular flexibility index (Phi) is 6.43. The summed E-state index contributed by atoms with van der Waals surface area (Å²) in [6.45, 7) is 10.2. The van der Waals surface area contributed by atoms with E-state index in [0.717, 1.165) is 11.3 Å². The number of hydrogen-bond acceptors (Lipinski definition) is 4. The number of amides is 1. The van der Waals surface area contributed by atoms with Crippen LogP contribution in [0, 0.1) is 0 Å². The van der Waals surface area contributed by atoms with Crippen molar-refractivity contribution in [2.75, 3.05) is 0 Å². The maximum Gasteiger partial charge on any atom is 0.270 e. The molecule has 0 aliphatic rings. The van der Waals surface area contributed by atoms with Gasteiger partial charge in [0.25, 0.3) is 11.5 Å². The fraction of sp³-hybridized carbons (Fsp3) is 0.417. The molecular weight excluding hydrogens is 390 g/mol. The lowest BCUT2D eigenvalue weighted by atomic mass is 9.92. The number of aromatic amines is 1. The van der Waals surface area contributed by atoms with Crippen molar-refractivity contribution in [2.24, 2.45) is 7.05 Å². The van der Waals surface area contributed by atoms with E-state index in [-0.39, 0.29) is 28.8 Å². The number of hydrogen-bond donors (Lipinski definition) is 2. The number of aromatic nitrogens is 4. The third kappa shape index (κ3) is 5.48. The molecule has 0 spiro atoms. The van der Waals surface area contributed by atoms with Crippen LogP contribution in [0.25, 0.3) is 0 Å². The highest BCUT2D eigenvalue weighted by Gasteiger charge is 2.24. The first-order valence-corrected chi connectivity index (χ1v) is 10.5. The summed E-state index contributed by atoms with van der Waals surface area (Å²) in [6.07, 6.45) is 0.406. The quantitative estimate of drug-likeness (QED) is 0.636. The molecule has 0 fully saturated rings. The van der Waals surface area contributed by atoms with Gasteiger partial charge in [0.15, 0.2) is 0 Å². The highest BCUT2D eigenvalue weighted by atomic mass is 16.2. The van der Waals surface area contributed by atoms with Crippen molar-refractivity contribution in [3.8, 4) is 0 Å². The summed E-state index contributed by atoms with van der Waals surface area (Å²) >= 11 is 0. The molecule has 164 valence electrons. The molecule has 2 N–H and O–H groups in total. The summed E-state index contributed by atoms with van der Waals surface area (Å²) in [5.41, 5.74) is 2.59. The van der Waals surface area contributed by atoms with Gasteiger partial charge in [0, 0.05) is 30.9 Å². The third-order valence-corrected chi connectivity index (χ3v) is 5.16. The molecule has 31 heavy (non-hydrogen) atoms. The molecule has 0 unspecified atom stereocenters. The minimum Gasteiger partial charge on any atom is -0.344 e. The molecule has 2 heterocycles. The minimum atomic E-state index is -0.337. The zero-order valence-electron chi connectivity index (χ0n) is 19.1. The molecule has 0 bridgehead atoms. The zero-order chi connectivity index (χ0) is 22.8. The fourth-order valence-corrected chi connectivity index (χ4v) is 3.33. The third-order valence-electron chi connectivity index (χ3n) is 5.16. The summed E-state index contributed by atoms with van der Waals surface area (Å²) in [4.78, 5) is 32.7. The van der Waals surface area contributed by atoms with E-state index in [0.29, 0.717) is 23.6 Å². The van der Waals surface area contributed by atoms with Gasteiger partial charge in [-0.15, -0.1) is 0 Å². The molecule has 3 aromatic rings. The number of nitrogens with zero attached hydrogens (tertiary/aromatic N) is 3. The molecule has 2 aromatic heterocycles. The number of rotatable bonds is 6. The smallest absolute Gasteiger partial charge is 0.270 e. The number of nitrogens with one attached hydrogen (secondary N) is 2. The molecule has 1 aromatic carbocycles. The first-order chi connectivity index (χ1) is 14.5. The van der Waals surface area contributed by atoms with Crippen molar-refractivity contribution in [1.82, 2.24) is 25.1 Å². The Balaban J connectivity index is 1.92. The van der Waals surface area contributed by atoms with Gasteiger partial charge in [-0.3, -0.25) is 14.3 Å². The normalized spacial score (nSPS) is 12.7. The van der Waals surface area contributed by atoms with Gasteiger partial charge in [0.1, 0.15) is 11.5 Å². The summed E-state index contributed by atoms with van der Waals surface area (Å²) in [6, 6.07) is 12.7. The molecule has 0 aliphatic heterocycles. The van der Waals surface area contributed by atoms with Crippen molar-refractivity contribution in [3.05, 3.63) is 81.3 Å². The van der Waals surface area contributed by atoms with Gasteiger partial charge < -0.3 is 10.3 Å². The molecule has 0 aliphatic carbocycles. The Labute approximate surface area is 182 Å². The number of carbonyl (C=O) groups excluding carboxylic acids is 1. The van der Waals surface area contributed by atoms with Crippen LogP contribution >= 0.6 is 0 Å². The summed E-state index contributed by atoms with van der Waals surface area (Å²) < 4.78 is 1.61. The van der Waals surface area contributed by atoms with E-state index < -0.39 is 0 Å². The van der Waals surface area contributed by atoms with Crippen LogP contribution in [0.2, 0.25) is 0 Å². The highest BCUT2D eigenvalue weighted by molar-refractivity contribution is 5.93. The summed E-state index contributed by atoms with van der Waals surface area (Å²) in [7, 11) is 1.77. The lowest BCUT2D eigenvalue weighted by molar-refractivity contribution is 0.0926. The number of carbonyl (C=O) groups is 1. The fourth-order valence-electron chi connectivity index (χ4n) is 3.33. The first kappa shape index (κ1) is 22.5. The topological polar surface area (TPSA) is 92.7 Å². The number of benzene rings is 1. The van der Waals surface area contributed by atoms with Crippen molar-refractivity contribution < 1.29 is 4.79 Å². The second-order valence-electron chi connectivity index (χ2n) is 9.21. The molecule has 1 atom stereocenters. The Morgan fingerprint density at radius 1 is 1.16 bits per heavy atom. The van der Waals surface area contributed by atoms with Crippen molar-refractivity contribution in [1.29, 1.82) is 0 Å². The van der Waals surface area contributed by atoms with Crippen LogP contribution in [0.3, 0.4) is 0 Å². The van der Waals surface area contributed by atoms with Gasteiger partial charge in [0.05, 0.1) is 17.4 Å². The van der Waals surface area contributed by atoms with Gasteiger partial charge in [-0.2, -0.15) is 5.10 Å². The van der Waals surface area contributed by atoms with Crippen molar-refractivity contribution in [3.63, 3.8) is 0 Å². The number of aryl methyl sites for hydroxylation is 1. The Morgan fingerprint density at radius 3 is 2.42 bits per heavy atom. The Morgan fingerprint density at radius 2 is 1.84 bits per heavy atom. The number of H-pyrrole nitrogens is 1. The molecular formula is C24H31N5O2. The molecule has 7 nitrogen and oxygen atoms in total. The van der Waals surface area contributed by atoms with Gasteiger partial charge in [0.2, 0.25) is 0 Å². The van der Waals surface area contributed by atoms with E-state index in [9.17, 15) is 9.59 Å². The van der Waals surface area contributed by atoms with Gasteiger partial charge in [-0.1, -0.05) is 65.0 Å². The maximum atomic E-state index is 13.2. The van der Waals surface area contributed by atoms with Crippen LogP contribution in [-0.2, 0) is 18.9 Å². The lowest BCUT2D eigenvalue weighted by Gasteiger charge is -2.19. The standard InChI is InChI=1S/C24H31N5O2/c1-15(2)22-25-17(13-21(30)27-22)12-18(16-10-8-7-9-11-16)26-23(31)19-14-20(24(3,4)5)28-29(19)6/h7-11,13-15,18H,12H2,1-6H3,(H,26,31)(H,25,27,30)/t18-/m1/s1. The molecule has 0 radical (unpaired) electrons. The Bertz CT molecular complexity index is 1110. The molecule has 0 saturated heterocycles. The summed E-state index contributed by atoms with van der Waals surface area (Å²) in [5.74, 6) is 0.526. The molecule has 1 amide bonds. The highest BCUT2D eigenvalue weighted by Crippen LogP contribution is 2.23. The van der Waals surface area contributed by atoms with E-state index in [4.69, 9.17) is 0 Å². The van der Waals surface area contributed by atoms with Crippen LogP contribution in [-0.4, -0.2) is 25.7 Å². The van der Waals surface area contributed by atoms with Crippen molar-refractivity contribution >= 4 is 5.91 Å². The van der Waals surface area contributed by atoms with E-state index >= 15 is 0 Å². The monoisotopic (exact) mass is 421 g/mol. The van der Waals surface area contributed by atoms with Gasteiger partial charge >= 0.3 is 0 Å². The van der Waals surface area contributed by atoms with Gasteiger partial charge in [-0.25, -0.2) is 4.98 Å². The van der Waals surface area contributed by atoms with Crippen LogP contribution < -0.4 is 10.9 Å². The van der Waals surface area contributed by atoms with Gasteiger partial charge in [-0.05, 0) is 11.6 Å². The average Bonchev–Trinajstić information content (AvgIpc) is 3.10. The maximum absolute atomic E-state index is 13.2. The van der Waals surface area contributed by atoms with E-state index in [1.54, 1.807) is 11.7 Å². The van der Waals surface area contributed by atoms with E-state index in [2.05, 4.69) is 41.2 Å². The van der Waals surface area contributed by atoms with E-state index in [1.165, 1.54) is 6.07 Å². The van der Waals surface area contributed by atoms with Crippen LogP contribution in [0.1, 0.15) is 79.8 Å². The minimum absolute atomic E-state index is 0.0997. The Hall–Kier alpha value is -3.22. The average molecular weight is 422 g/mol. The molecule has 0 saturated carbocycles. The van der Waals surface area contributed by atoms with Crippen LogP contribution in [0.15, 0.2) is 47.3 Å². The molecule has 3 rings (SSSR count). The largest absolute Gasteiger partial charge is 0.344 e. The molecule has 7 heteroatoms. The predicted octanol–water partition coefficient (Wildman–Crippen LogP) is 3.64.